The molecule has 1 saturated heterocycles. The smallest absolute Gasteiger partial charge is 0.243 e. The highest BCUT2D eigenvalue weighted by atomic mass is 32.2. The molecule has 1 spiro atoms. The van der Waals surface area contributed by atoms with Crippen LogP contribution in [0.25, 0.3) is 5.76 Å². The molecule has 166 valence electrons. The lowest BCUT2D eigenvalue weighted by Crippen LogP contribution is -2.49. The van der Waals surface area contributed by atoms with Crippen molar-refractivity contribution in [3.8, 4) is 5.75 Å². The summed E-state index contributed by atoms with van der Waals surface area (Å²) < 4.78 is 25.2. The minimum Gasteiger partial charge on any atom is -0.494 e. The molecule has 1 fully saturated rings. The molecule has 0 unspecified atom stereocenters. The monoisotopic (exact) mass is 453 g/mol. The number of hydrogen-bond acceptors (Lipinski definition) is 6. The molecule has 2 aromatic rings. The number of hydrogen-bond donors (Lipinski definition) is 0. The van der Waals surface area contributed by atoms with Crippen molar-refractivity contribution >= 4 is 29.1 Å². The average Bonchev–Trinajstić information content (AvgIpc) is 2.83. The van der Waals surface area contributed by atoms with Crippen molar-refractivity contribution in [3.05, 3.63) is 70.4 Å². The van der Waals surface area contributed by atoms with Crippen LogP contribution in [0.15, 0.2) is 53.4 Å². The largest absolute Gasteiger partial charge is 0.494 e. The summed E-state index contributed by atoms with van der Waals surface area (Å²) in [5.41, 5.74) is 0.866. The quantitative estimate of drug-likeness (QED) is 0.496. The van der Waals surface area contributed by atoms with Gasteiger partial charge in [0.1, 0.15) is 27.8 Å². The molecule has 0 N–H and O–H groups in total. The third kappa shape index (κ3) is 4.07. The van der Waals surface area contributed by atoms with Gasteiger partial charge in [-0.05, 0) is 30.7 Å². The Morgan fingerprint density at radius 2 is 1.72 bits per heavy atom. The van der Waals surface area contributed by atoms with Gasteiger partial charge < -0.3 is 14.4 Å². The summed E-state index contributed by atoms with van der Waals surface area (Å²) in [6, 6.07) is 13.3. The van der Waals surface area contributed by atoms with E-state index in [4.69, 9.17) is 9.47 Å². The summed E-state index contributed by atoms with van der Waals surface area (Å²) >= 11 is 1.47. The Bertz CT molecular complexity index is 1070. The molecule has 2 heterocycles. The van der Waals surface area contributed by atoms with E-state index in [1.165, 1.54) is 23.9 Å². The number of rotatable bonds is 5. The summed E-state index contributed by atoms with van der Waals surface area (Å²) in [7, 11) is 0. The third-order valence-corrected chi connectivity index (χ3v) is 7.63. The Morgan fingerprint density at radius 1 is 1.00 bits per heavy atom. The number of piperidine rings is 1. The van der Waals surface area contributed by atoms with E-state index in [-0.39, 0.29) is 11.4 Å². The van der Waals surface area contributed by atoms with E-state index in [1.54, 1.807) is 24.3 Å². The highest BCUT2D eigenvalue weighted by molar-refractivity contribution is 8.04. The number of benzene rings is 2. The zero-order valence-corrected chi connectivity index (χ0v) is 18.5. The normalized spacial score (nSPS) is 20.0. The van der Waals surface area contributed by atoms with Crippen molar-refractivity contribution in [3.63, 3.8) is 0 Å². The third-order valence-electron chi connectivity index (χ3n) is 6.30. The standard InChI is InChI=1S/C25H24FNO4S/c26-17-6-8-18(9-7-17)30-15-3-12-27-13-10-25(11-14-27)16-32-24-22(29)21(28)19-4-1-2-5-20(19)23(24)31-25/h1-2,4-9H,3,10-16H2. The second-order valence-corrected chi connectivity index (χ2v) is 9.42. The highest BCUT2D eigenvalue weighted by Crippen LogP contribution is 2.47. The van der Waals surface area contributed by atoms with E-state index in [2.05, 4.69) is 4.90 Å². The fourth-order valence-electron chi connectivity index (χ4n) is 4.45. The van der Waals surface area contributed by atoms with Crippen LogP contribution >= 0.6 is 11.8 Å². The maximum Gasteiger partial charge on any atom is 0.243 e. The van der Waals surface area contributed by atoms with Gasteiger partial charge in [-0.3, -0.25) is 9.59 Å². The van der Waals surface area contributed by atoms with Gasteiger partial charge in [-0.25, -0.2) is 4.39 Å². The van der Waals surface area contributed by atoms with Crippen molar-refractivity contribution in [1.29, 1.82) is 0 Å². The average molecular weight is 454 g/mol. The second-order valence-electron chi connectivity index (χ2n) is 8.43. The first-order valence-electron chi connectivity index (χ1n) is 10.9. The van der Waals surface area contributed by atoms with Gasteiger partial charge >= 0.3 is 0 Å². The number of Topliss-reactive ketones (excluding diaryl/α,β-unsaturated/α-hetero) is 2. The first-order valence-corrected chi connectivity index (χ1v) is 11.9. The van der Waals surface area contributed by atoms with Crippen LogP contribution in [-0.2, 0) is 9.53 Å². The number of carbonyl (C=O) groups excluding carboxylic acids is 2. The van der Waals surface area contributed by atoms with Crippen molar-refractivity contribution < 1.29 is 23.5 Å². The van der Waals surface area contributed by atoms with Crippen molar-refractivity contribution in [2.75, 3.05) is 32.0 Å². The molecule has 0 bridgehead atoms. The Morgan fingerprint density at radius 3 is 2.47 bits per heavy atom. The van der Waals surface area contributed by atoms with Crippen molar-refractivity contribution in [2.45, 2.75) is 24.9 Å². The first-order chi connectivity index (χ1) is 15.5. The van der Waals surface area contributed by atoms with Gasteiger partial charge in [0.25, 0.3) is 0 Å². The van der Waals surface area contributed by atoms with Gasteiger partial charge in [0.2, 0.25) is 11.6 Å². The first kappa shape index (κ1) is 21.2. The van der Waals surface area contributed by atoms with Gasteiger partial charge in [0, 0.05) is 49.4 Å². The number of ether oxygens (including phenoxy) is 2. The summed E-state index contributed by atoms with van der Waals surface area (Å²) in [6.45, 7) is 3.33. The summed E-state index contributed by atoms with van der Waals surface area (Å²) in [4.78, 5) is 27.9. The lowest BCUT2D eigenvalue weighted by atomic mass is 9.90. The van der Waals surface area contributed by atoms with Crippen LogP contribution in [0.4, 0.5) is 4.39 Å². The minimum atomic E-state index is -0.447. The molecule has 0 aromatic heterocycles. The molecule has 0 atom stereocenters. The molecule has 7 heteroatoms. The number of nitrogens with zero attached hydrogens (tertiary/aromatic N) is 1. The molecule has 5 rings (SSSR count). The van der Waals surface area contributed by atoms with Gasteiger partial charge in [0.15, 0.2) is 0 Å². The summed E-state index contributed by atoms with van der Waals surface area (Å²) in [6.07, 6.45) is 2.64. The van der Waals surface area contributed by atoms with Gasteiger partial charge in [-0.1, -0.05) is 24.3 Å². The van der Waals surface area contributed by atoms with Crippen LogP contribution in [0, 0.1) is 5.82 Å². The predicted molar refractivity (Wildman–Crippen MR) is 121 cm³/mol. The topological polar surface area (TPSA) is 55.8 Å². The molecule has 5 nitrogen and oxygen atoms in total. The second kappa shape index (κ2) is 8.71. The number of allylic oxidation sites excluding steroid dienone is 1. The molecule has 1 aliphatic carbocycles. The number of thioether (sulfide) groups is 1. The van der Waals surface area contributed by atoms with Crippen LogP contribution in [0.1, 0.15) is 35.2 Å². The molecular formula is C25H24FNO4S. The molecule has 2 aromatic carbocycles. The van der Waals surface area contributed by atoms with E-state index in [0.717, 1.165) is 44.5 Å². The van der Waals surface area contributed by atoms with Crippen LogP contribution < -0.4 is 4.74 Å². The molecule has 3 aliphatic rings. The lowest BCUT2D eigenvalue weighted by molar-refractivity contribution is -0.111. The number of ketones is 2. The van der Waals surface area contributed by atoms with E-state index >= 15 is 0 Å². The number of fused-ring (bicyclic) bond motifs is 2. The highest BCUT2D eigenvalue weighted by Gasteiger charge is 2.45. The Kier molecular flexibility index (Phi) is 5.78. The molecule has 0 radical (unpaired) electrons. The zero-order chi connectivity index (χ0) is 22.1. The van der Waals surface area contributed by atoms with E-state index < -0.39 is 11.6 Å². The van der Waals surface area contributed by atoms with Crippen molar-refractivity contribution in [2.24, 2.45) is 0 Å². The van der Waals surface area contributed by atoms with Gasteiger partial charge in [-0.2, -0.15) is 0 Å². The fraction of sp³-hybridized carbons (Fsp3) is 0.360. The predicted octanol–water partition coefficient (Wildman–Crippen LogP) is 4.33. The van der Waals surface area contributed by atoms with Crippen molar-refractivity contribution in [1.82, 2.24) is 4.90 Å². The molecule has 32 heavy (non-hydrogen) atoms. The van der Waals surface area contributed by atoms with E-state index in [1.807, 2.05) is 12.1 Å². The van der Waals surface area contributed by atoms with Gasteiger partial charge in [0.05, 0.1) is 6.61 Å². The molecule has 0 saturated carbocycles. The van der Waals surface area contributed by atoms with E-state index in [9.17, 15) is 14.0 Å². The van der Waals surface area contributed by atoms with Gasteiger partial charge in [-0.15, -0.1) is 11.8 Å². The van der Waals surface area contributed by atoms with Crippen LogP contribution in [0.3, 0.4) is 0 Å². The minimum absolute atomic E-state index is 0.266. The molecular weight excluding hydrogens is 429 g/mol. The maximum absolute atomic E-state index is 13.0. The summed E-state index contributed by atoms with van der Waals surface area (Å²) in [5.74, 6) is 0.803. The fourth-order valence-corrected chi connectivity index (χ4v) is 5.71. The van der Waals surface area contributed by atoms with Crippen LogP contribution in [0.2, 0.25) is 0 Å². The SMILES string of the molecule is O=C1C(=O)c2ccccc2C2=C1SCC1(CCN(CCCOc3ccc(F)cc3)CC1)O2. The Balaban J connectivity index is 1.17. The maximum atomic E-state index is 13.0. The number of likely N-dealkylation sites (tertiary alicyclic amines) is 1. The Hall–Kier alpha value is -2.64. The van der Waals surface area contributed by atoms with E-state index in [0.29, 0.717) is 34.3 Å². The molecule has 0 amide bonds. The number of carbonyl (C=O) groups is 2. The summed E-state index contributed by atoms with van der Waals surface area (Å²) in [5, 5.41) is 0. The number of halogens is 1. The zero-order valence-electron chi connectivity index (χ0n) is 17.6. The molecule has 2 aliphatic heterocycles. The van der Waals surface area contributed by atoms with Crippen LogP contribution in [0.5, 0.6) is 5.75 Å². The van der Waals surface area contributed by atoms with Crippen LogP contribution in [-0.4, -0.2) is 54.1 Å². The lowest BCUT2D eigenvalue weighted by Gasteiger charge is -2.45. The Labute approximate surface area is 190 Å².